The highest BCUT2D eigenvalue weighted by Crippen LogP contribution is 2.38. The molecule has 3 nitrogen and oxygen atoms in total. The lowest BCUT2D eigenvalue weighted by Crippen LogP contribution is -2.27. The van der Waals surface area contributed by atoms with Crippen LogP contribution in [0.15, 0.2) is 65.7 Å². The third-order valence-corrected chi connectivity index (χ3v) is 7.34. The standard InChI is InChI=1S/C28H28N2OS/c1-28(2,3)24-13-14-25-22(16-24)15-23(17-29)27(30-25)32-18-26(31)21-11-9-20(10-12-21)19-7-5-4-6-8-19/h4-12,15,24H,13-14,16,18H2,1-3H3. The number of ketones is 1. The number of aromatic nitrogens is 1. The lowest BCUT2D eigenvalue weighted by atomic mass is 9.71. The zero-order valence-corrected chi connectivity index (χ0v) is 19.7. The fourth-order valence-electron chi connectivity index (χ4n) is 4.27. The van der Waals surface area contributed by atoms with Crippen molar-refractivity contribution in [1.82, 2.24) is 4.98 Å². The maximum Gasteiger partial charge on any atom is 0.173 e. The second kappa shape index (κ2) is 9.30. The maximum atomic E-state index is 12.8. The molecule has 0 bridgehead atoms. The van der Waals surface area contributed by atoms with Crippen molar-refractivity contribution in [2.75, 3.05) is 5.75 Å². The number of nitrogens with zero attached hydrogens (tertiary/aromatic N) is 2. The van der Waals surface area contributed by atoms with E-state index in [1.54, 1.807) is 0 Å². The molecule has 2 aromatic carbocycles. The predicted molar refractivity (Wildman–Crippen MR) is 131 cm³/mol. The quantitative estimate of drug-likeness (QED) is 0.325. The summed E-state index contributed by atoms with van der Waals surface area (Å²) in [5, 5.41) is 10.4. The van der Waals surface area contributed by atoms with Gasteiger partial charge in [-0.15, -0.1) is 0 Å². The average Bonchev–Trinajstić information content (AvgIpc) is 2.81. The summed E-state index contributed by atoms with van der Waals surface area (Å²) in [6.45, 7) is 6.84. The molecule has 4 rings (SSSR count). The first kappa shape index (κ1) is 22.3. The smallest absolute Gasteiger partial charge is 0.173 e. The van der Waals surface area contributed by atoms with Gasteiger partial charge < -0.3 is 0 Å². The summed E-state index contributed by atoms with van der Waals surface area (Å²) < 4.78 is 0. The molecule has 4 heteroatoms. The van der Waals surface area contributed by atoms with Gasteiger partial charge in [0.05, 0.1) is 11.3 Å². The van der Waals surface area contributed by atoms with Gasteiger partial charge in [-0.05, 0) is 53.4 Å². The first-order valence-corrected chi connectivity index (χ1v) is 12.1. The van der Waals surface area contributed by atoms with E-state index in [1.807, 2.05) is 48.5 Å². The number of hydrogen-bond donors (Lipinski definition) is 0. The van der Waals surface area contributed by atoms with Gasteiger partial charge in [0.2, 0.25) is 0 Å². The molecule has 32 heavy (non-hydrogen) atoms. The van der Waals surface area contributed by atoms with Crippen molar-refractivity contribution in [3.63, 3.8) is 0 Å². The molecule has 0 saturated heterocycles. The highest BCUT2D eigenvalue weighted by atomic mass is 32.2. The number of benzene rings is 2. The Morgan fingerprint density at radius 3 is 2.44 bits per heavy atom. The third-order valence-electron chi connectivity index (χ3n) is 6.35. The summed E-state index contributed by atoms with van der Waals surface area (Å²) >= 11 is 1.37. The molecule has 0 amide bonds. The van der Waals surface area contributed by atoms with Crippen molar-refractivity contribution >= 4 is 17.5 Å². The highest BCUT2D eigenvalue weighted by Gasteiger charge is 2.30. The Morgan fingerprint density at radius 2 is 1.78 bits per heavy atom. The van der Waals surface area contributed by atoms with E-state index >= 15 is 0 Å². The number of carbonyl (C=O) groups is 1. The summed E-state index contributed by atoms with van der Waals surface area (Å²) in [5.41, 5.74) is 6.02. The molecular formula is C28H28N2OS. The van der Waals surface area contributed by atoms with Crippen LogP contribution in [0.3, 0.4) is 0 Å². The molecule has 1 aromatic heterocycles. The van der Waals surface area contributed by atoms with E-state index in [4.69, 9.17) is 4.98 Å². The Balaban J connectivity index is 1.46. The molecule has 1 aliphatic rings. The molecule has 3 aromatic rings. The fraction of sp³-hybridized carbons (Fsp3) is 0.321. The van der Waals surface area contributed by atoms with Crippen LogP contribution in [-0.2, 0) is 12.8 Å². The molecule has 162 valence electrons. The summed E-state index contributed by atoms with van der Waals surface area (Å²) in [7, 11) is 0. The molecule has 1 heterocycles. The molecule has 0 aliphatic heterocycles. The largest absolute Gasteiger partial charge is 0.293 e. The van der Waals surface area contributed by atoms with Crippen LogP contribution < -0.4 is 0 Å². The Morgan fingerprint density at radius 1 is 1.09 bits per heavy atom. The summed E-state index contributed by atoms with van der Waals surface area (Å²) in [5.74, 6) is 0.920. The number of rotatable bonds is 5. The molecule has 1 atom stereocenters. The van der Waals surface area contributed by atoms with Gasteiger partial charge in [0.1, 0.15) is 11.1 Å². The Bertz CT molecular complexity index is 1160. The lowest BCUT2D eigenvalue weighted by Gasteiger charge is -2.34. The first-order chi connectivity index (χ1) is 15.3. The molecule has 1 unspecified atom stereocenters. The molecule has 0 spiro atoms. The topological polar surface area (TPSA) is 53.8 Å². The second-order valence-corrected chi connectivity index (χ2v) is 10.5. The predicted octanol–water partition coefficient (Wildman–Crippen LogP) is 6.75. The van der Waals surface area contributed by atoms with E-state index in [2.05, 4.69) is 39.0 Å². The van der Waals surface area contributed by atoms with Gasteiger partial charge >= 0.3 is 0 Å². The van der Waals surface area contributed by atoms with Gasteiger partial charge in [-0.2, -0.15) is 5.26 Å². The van der Waals surface area contributed by atoms with E-state index < -0.39 is 0 Å². The number of nitriles is 1. The van der Waals surface area contributed by atoms with Crippen LogP contribution in [-0.4, -0.2) is 16.5 Å². The Labute approximate surface area is 194 Å². The van der Waals surface area contributed by atoms with Crippen LogP contribution in [0.5, 0.6) is 0 Å². The maximum absolute atomic E-state index is 12.8. The molecular weight excluding hydrogens is 412 g/mol. The molecule has 0 saturated carbocycles. The Hall–Kier alpha value is -2.90. The van der Waals surface area contributed by atoms with Gasteiger partial charge in [-0.1, -0.05) is 87.1 Å². The number of Topliss-reactive ketones (excluding diaryl/α,β-unsaturated/α-hetero) is 1. The molecule has 0 radical (unpaired) electrons. The van der Waals surface area contributed by atoms with Gasteiger partial charge in [-0.25, -0.2) is 4.98 Å². The van der Waals surface area contributed by atoms with Crippen molar-refractivity contribution in [2.24, 2.45) is 11.3 Å². The van der Waals surface area contributed by atoms with E-state index in [0.717, 1.165) is 36.1 Å². The number of thioether (sulfide) groups is 1. The van der Waals surface area contributed by atoms with Crippen LogP contribution in [0.4, 0.5) is 0 Å². The van der Waals surface area contributed by atoms with Crippen LogP contribution in [0.25, 0.3) is 11.1 Å². The first-order valence-electron chi connectivity index (χ1n) is 11.1. The minimum Gasteiger partial charge on any atom is -0.293 e. The van der Waals surface area contributed by atoms with Crippen molar-refractivity contribution in [1.29, 1.82) is 5.26 Å². The number of pyridine rings is 1. The number of carbonyl (C=O) groups excluding carboxylic acids is 1. The Kier molecular flexibility index (Phi) is 6.48. The highest BCUT2D eigenvalue weighted by molar-refractivity contribution is 8.00. The zero-order chi connectivity index (χ0) is 22.7. The second-order valence-electron chi connectivity index (χ2n) is 9.52. The third kappa shape index (κ3) is 4.95. The zero-order valence-electron chi connectivity index (χ0n) is 18.9. The van der Waals surface area contributed by atoms with Crippen molar-refractivity contribution in [3.05, 3.63) is 83.0 Å². The minimum atomic E-state index is 0.0471. The average molecular weight is 441 g/mol. The monoisotopic (exact) mass is 440 g/mol. The van der Waals surface area contributed by atoms with Gasteiger partial charge in [0.15, 0.2) is 5.78 Å². The molecule has 0 fully saturated rings. The normalized spacial score (nSPS) is 15.6. The van der Waals surface area contributed by atoms with Gasteiger partial charge in [-0.3, -0.25) is 4.79 Å². The SMILES string of the molecule is CC(C)(C)C1CCc2nc(SCC(=O)c3ccc(-c4ccccc4)cc3)c(C#N)cc2C1. The van der Waals surface area contributed by atoms with Crippen LogP contribution in [0, 0.1) is 22.7 Å². The molecule has 1 aliphatic carbocycles. The number of hydrogen-bond acceptors (Lipinski definition) is 4. The van der Waals surface area contributed by atoms with Crippen molar-refractivity contribution < 1.29 is 4.79 Å². The van der Waals surface area contributed by atoms with Crippen LogP contribution in [0.2, 0.25) is 0 Å². The lowest BCUT2D eigenvalue weighted by molar-refractivity contribution is 0.102. The van der Waals surface area contributed by atoms with Crippen molar-refractivity contribution in [2.45, 2.75) is 45.1 Å². The summed E-state index contributed by atoms with van der Waals surface area (Å²) in [6.07, 6.45) is 3.02. The van der Waals surface area contributed by atoms with Gasteiger partial charge in [0.25, 0.3) is 0 Å². The van der Waals surface area contributed by atoms with Crippen molar-refractivity contribution in [3.8, 4) is 17.2 Å². The van der Waals surface area contributed by atoms with E-state index in [0.29, 0.717) is 22.1 Å². The minimum absolute atomic E-state index is 0.0471. The number of aryl methyl sites for hydroxylation is 1. The van der Waals surface area contributed by atoms with Gasteiger partial charge in [0, 0.05) is 11.3 Å². The fourth-order valence-corrected chi connectivity index (χ4v) is 5.14. The van der Waals surface area contributed by atoms with E-state index in [9.17, 15) is 10.1 Å². The van der Waals surface area contributed by atoms with E-state index in [1.165, 1.54) is 17.3 Å². The van der Waals surface area contributed by atoms with Crippen LogP contribution in [0.1, 0.15) is 54.4 Å². The summed E-state index contributed by atoms with van der Waals surface area (Å²) in [6, 6.07) is 22.1. The molecule has 0 N–H and O–H groups in total. The number of fused-ring (bicyclic) bond motifs is 1. The van der Waals surface area contributed by atoms with E-state index in [-0.39, 0.29) is 17.0 Å². The summed E-state index contributed by atoms with van der Waals surface area (Å²) in [4.78, 5) is 17.6. The van der Waals surface area contributed by atoms with Crippen LogP contribution >= 0.6 is 11.8 Å².